The van der Waals surface area contributed by atoms with Gasteiger partial charge in [-0.2, -0.15) is 0 Å². The van der Waals surface area contributed by atoms with E-state index in [0.29, 0.717) is 35.8 Å². The van der Waals surface area contributed by atoms with Crippen molar-refractivity contribution in [1.29, 1.82) is 0 Å². The van der Waals surface area contributed by atoms with E-state index < -0.39 is 23.8 Å². The number of aromatic nitrogens is 1. The van der Waals surface area contributed by atoms with Crippen LogP contribution in [-0.4, -0.2) is 46.9 Å². The Morgan fingerprint density at radius 3 is 2.21 bits per heavy atom. The molecule has 1 atom stereocenters. The smallest absolute Gasteiger partial charge is 0.329 e. The van der Waals surface area contributed by atoms with Gasteiger partial charge >= 0.3 is 5.97 Å². The highest BCUT2D eigenvalue weighted by molar-refractivity contribution is 6.22. The molecule has 0 fully saturated rings. The standard InChI is InChI=1S/C31H28N2O6/c1-3-37-31(36)27(33-29(34)24-11-7-8-12-25(24)30(33)35)19-21-13-15-23(16-14-21)38-18-17-26-20(2)39-28(32-26)22-9-5-4-6-10-22/h4-16,27H,3,17-19H2,1-2H3/t27-/m0/s1. The molecule has 0 spiro atoms. The molecule has 0 N–H and O–H groups in total. The van der Waals surface area contributed by atoms with Crippen molar-refractivity contribution in [1.82, 2.24) is 9.88 Å². The summed E-state index contributed by atoms with van der Waals surface area (Å²) in [4.78, 5) is 44.5. The Morgan fingerprint density at radius 2 is 1.56 bits per heavy atom. The second-order valence-corrected chi connectivity index (χ2v) is 9.13. The van der Waals surface area contributed by atoms with Gasteiger partial charge in [0.05, 0.1) is 30.0 Å². The van der Waals surface area contributed by atoms with Crippen LogP contribution in [0.2, 0.25) is 0 Å². The number of carbonyl (C=O) groups excluding carboxylic acids is 3. The first kappa shape index (κ1) is 25.9. The van der Waals surface area contributed by atoms with Gasteiger partial charge in [-0.05, 0) is 55.8 Å². The molecule has 0 aliphatic carbocycles. The van der Waals surface area contributed by atoms with Gasteiger partial charge in [-0.15, -0.1) is 0 Å². The molecule has 4 aromatic rings. The predicted molar refractivity (Wildman–Crippen MR) is 143 cm³/mol. The van der Waals surface area contributed by atoms with Gasteiger partial charge in [-0.1, -0.05) is 42.5 Å². The minimum Gasteiger partial charge on any atom is -0.493 e. The topological polar surface area (TPSA) is 98.9 Å². The number of rotatable bonds is 10. The molecular formula is C31H28N2O6. The molecule has 1 aromatic heterocycles. The molecule has 2 amide bonds. The SMILES string of the molecule is CCOC(=O)[C@H](Cc1ccc(OCCc2nc(-c3ccccc3)oc2C)cc1)N1C(=O)c2ccccc2C1=O. The molecule has 3 aromatic carbocycles. The molecule has 8 nitrogen and oxygen atoms in total. The molecule has 0 radical (unpaired) electrons. The Morgan fingerprint density at radius 1 is 0.923 bits per heavy atom. The van der Waals surface area contributed by atoms with Crippen molar-refractivity contribution in [2.24, 2.45) is 0 Å². The molecule has 1 aliphatic rings. The number of carbonyl (C=O) groups is 3. The number of oxazole rings is 1. The van der Waals surface area contributed by atoms with Crippen molar-refractivity contribution < 1.29 is 28.3 Å². The summed E-state index contributed by atoms with van der Waals surface area (Å²) in [7, 11) is 0. The fourth-order valence-electron chi connectivity index (χ4n) is 4.58. The lowest BCUT2D eigenvalue weighted by Gasteiger charge is -2.24. The highest BCUT2D eigenvalue weighted by Gasteiger charge is 2.43. The van der Waals surface area contributed by atoms with E-state index in [9.17, 15) is 14.4 Å². The molecule has 0 bridgehead atoms. The lowest BCUT2D eigenvalue weighted by molar-refractivity contribution is -0.147. The van der Waals surface area contributed by atoms with Crippen LogP contribution in [0.15, 0.2) is 83.3 Å². The van der Waals surface area contributed by atoms with Crippen molar-refractivity contribution >= 4 is 17.8 Å². The molecule has 39 heavy (non-hydrogen) atoms. The van der Waals surface area contributed by atoms with Crippen LogP contribution in [0.25, 0.3) is 11.5 Å². The first-order chi connectivity index (χ1) is 19.0. The van der Waals surface area contributed by atoms with Crippen LogP contribution in [0.3, 0.4) is 0 Å². The molecule has 0 saturated carbocycles. The Balaban J connectivity index is 1.23. The van der Waals surface area contributed by atoms with Gasteiger partial charge in [0.15, 0.2) is 0 Å². The number of hydrogen-bond acceptors (Lipinski definition) is 7. The maximum absolute atomic E-state index is 13.0. The molecule has 1 aliphatic heterocycles. The van der Waals surface area contributed by atoms with Gasteiger partial charge in [-0.3, -0.25) is 14.5 Å². The lowest BCUT2D eigenvalue weighted by Crippen LogP contribution is -2.47. The summed E-state index contributed by atoms with van der Waals surface area (Å²) >= 11 is 0. The third-order valence-electron chi connectivity index (χ3n) is 6.57. The number of fused-ring (bicyclic) bond motifs is 1. The molecule has 5 rings (SSSR count). The van der Waals surface area contributed by atoms with Gasteiger partial charge in [0, 0.05) is 18.4 Å². The third kappa shape index (κ3) is 5.45. The van der Waals surface area contributed by atoms with Gasteiger partial charge < -0.3 is 13.9 Å². The normalized spacial score (nSPS) is 13.3. The number of nitrogens with zero attached hydrogens (tertiary/aromatic N) is 2. The Kier molecular flexibility index (Phi) is 7.54. The summed E-state index contributed by atoms with van der Waals surface area (Å²) in [5.41, 5.74) is 3.10. The average molecular weight is 525 g/mol. The van der Waals surface area contributed by atoms with Crippen molar-refractivity contribution in [2.75, 3.05) is 13.2 Å². The first-order valence-electron chi connectivity index (χ1n) is 12.8. The van der Waals surface area contributed by atoms with Gasteiger partial charge in [0.1, 0.15) is 17.6 Å². The van der Waals surface area contributed by atoms with E-state index in [4.69, 9.17) is 13.9 Å². The largest absolute Gasteiger partial charge is 0.493 e. The van der Waals surface area contributed by atoms with Crippen molar-refractivity contribution in [3.05, 3.63) is 107 Å². The van der Waals surface area contributed by atoms with Crippen LogP contribution in [0, 0.1) is 6.92 Å². The number of esters is 1. The zero-order chi connectivity index (χ0) is 27.4. The van der Waals surface area contributed by atoms with E-state index in [1.165, 1.54) is 0 Å². The quantitative estimate of drug-likeness (QED) is 0.212. The van der Waals surface area contributed by atoms with Crippen molar-refractivity contribution in [2.45, 2.75) is 32.7 Å². The van der Waals surface area contributed by atoms with Crippen molar-refractivity contribution in [3.8, 4) is 17.2 Å². The number of imide groups is 1. The zero-order valence-electron chi connectivity index (χ0n) is 21.8. The highest BCUT2D eigenvalue weighted by atomic mass is 16.5. The number of hydrogen-bond donors (Lipinski definition) is 0. The van der Waals surface area contributed by atoms with Crippen LogP contribution in [0.1, 0.15) is 44.7 Å². The van der Waals surface area contributed by atoms with E-state index in [0.717, 1.165) is 27.5 Å². The molecule has 8 heteroatoms. The monoisotopic (exact) mass is 524 g/mol. The minimum absolute atomic E-state index is 0.130. The molecule has 0 saturated heterocycles. The summed E-state index contributed by atoms with van der Waals surface area (Å²) in [5, 5.41) is 0. The molecule has 0 unspecified atom stereocenters. The van der Waals surface area contributed by atoms with E-state index in [1.807, 2.05) is 49.4 Å². The summed E-state index contributed by atoms with van der Waals surface area (Å²) < 4.78 is 16.9. The van der Waals surface area contributed by atoms with Crippen LogP contribution >= 0.6 is 0 Å². The second-order valence-electron chi connectivity index (χ2n) is 9.13. The van der Waals surface area contributed by atoms with E-state index >= 15 is 0 Å². The maximum atomic E-state index is 13.0. The molecule has 198 valence electrons. The third-order valence-corrected chi connectivity index (χ3v) is 6.57. The van der Waals surface area contributed by atoms with E-state index in [1.54, 1.807) is 43.3 Å². The summed E-state index contributed by atoms with van der Waals surface area (Å²) in [6, 6.07) is 22.4. The summed E-state index contributed by atoms with van der Waals surface area (Å²) in [6.45, 7) is 4.12. The Hall–Kier alpha value is -4.72. The van der Waals surface area contributed by atoms with Crippen LogP contribution in [0.5, 0.6) is 5.75 Å². The highest BCUT2D eigenvalue weighted by Crippen LogP contribution is 2.27. The summed E-state index contributed by atoms with van der Waals surface area (Å²) in [6.07, 6.45) is 0.708. The number of benzene rings is 3. The number of aryl methyl sites for hydroxylation is 1. The average Bonchev–Trinajstić information content (AvgIpc) is 3.45. The minimum atomic E-state index is -1.07. The Labute approximate surface area is 226 Å². The van der Waals surface area contributed by atoms with Crippen LogP contribution in [0.4, 0.5) is 0 Å². The first-order valence-corrected chi connectivity index (χ1v) is 12.8. The molecule has 2 heterocycles. The molecular weight excluding hydrogens is 496 g/mol. The fourth-order valence-corrected chi connectivity index (χ4v) is 4.58. The fraction of sp³-hybridized carbons (Fsp3) is 0.226. The van der Waals surface area contributed by atoms with Crippen LogP contribution < -0.4 is 4.74 Å². The van der Waals surface area contributed by atoms with E-state index in [-0.39, 0.29) is 13.0 Å². The number of amides is 2. The van der Waals surface area contributed by atoms with Gasteiger partial charge in [0.25, 0.3) is 11.8 Å². The lowest BCUT2D eigenvalue weighted by atomic mass is 10.0. The predicted octanol–water partition coefficient (Wildman–Crippen LogP) is 5.04. The van der Waals surface area contributed by atoms with E-state index in [2.05, 4.69) is 4.98 Å². The van der Waals surface area contributed by atoms with Crippen LogP contribution in [-0.2, 0) is 22.4 Å². The summed E-state index contributed by atoms with van der Waals surface area (Å²) in [5.74, 6) is 0.383. The van der Waals surface area contributed by atoms with Gasteiger partial charge in [-0.25, -0.2) is 9.78 Å². The second kappa shape index (κ2) is 11.3. The van der Waals surface area contributed by atoms with Gasteiger partial charge in [0.2, 0.25) is 5.89 Å². The van der Waals surface area contributed by atoms with Crippen molar-refractivity contribution in [3.63, 3.8) is 0 Å². The number of ether oxygens (including phenoxy) is 2. The maximum Gasteiger partial charge on any atom is 0.329 e. The zero-order valence-corrected chi connectivity index (χ0v) is 21.8. The Bertz CT molecular complexity index is 1460.